The first-order chi connectivity index (χ1) is 6.24. The molecule has 0 aliphatic heterocycles. The van der Waals surface area contributed by atoms with Crippen molar-refractivity contribution in [2.75, 3.05) is 6.54 Å². The molecule has 3 nitrogen and oxygen atoms in total. The van der Waals surface area contributed by atoms with Crippen LogP contribution in [-0.2, 0) is 0 Å². The normalized spacial score (nSPS) is 30.7. The summed E-state index contributed by atoms with van der Waals surface area (Å²) >= 11 is 0. The van der Waals surface area contributed by atoms with Gasteiger partial charge in [0.25, 0.3) is 0 Å². The van der Waals surface area contributed by atoms with Crippen LogP contribution in [-0.4, -0.2) is 35.0 Å². The molecule has 3 atom stereocenters. The Morgan fingerprint density at radius 3 is 2.77 bits per heavy atom. The smallest absolute Gasteiger partial charge is 0.0693 e. The Morgan fingerprint density at radius 1 is 1.46 bits per heavy atom. The van der Waals surface area contributed by atoms with E-state index in [1.165, 1.54) is 0 Å². The molecule has 0 saturated heterocycles. The molecular weight excluding hydrogens is 166 g/mol. The fraction of sp³-hybridized carbons (Fsp3) is 1.00. The van der Waals surface area contributed by atoms with E-state index < -0.39 is 0 Å². The zero-order chi connectivity index (χ0) is 9.68. The molecule has 78 valence electrons. The molecule has 0 heterocycles. The molecule has 1 fully saturated rings. The first kappa shape index (κ1) is 11.0. The SMILES string of the molecule is CCCC(O)CN[C@@H]1CCC[C@H]1O. The number of aliphatic hydroxyl groups is 2. The van der Waals surface area contributed by atoms with Crippen molar-refractivity contribution >= 4 is 0 Å². The molecule has 3 heteroatoms. The Morgan fingerprint density at radius 2 is 2.23 bits per heavy atom. The number of aliphatic hydroxyl groups excluding tert-OH is 2. The second kappa shape index (κ2) is 5.58. The van der Waals surface area contributed by atoms with Gasteiger partial charge in [0.2, 0.25) is 0 Å². The summed E-state index contributed by atoms with van der Waals surface area (Å²) in [5.41, 5.74) is 0. The van der Waals surface area contributed by atoms with Crippen molar-refractivity contribution in [2.45, 2.75) is 57.3 Å². The highest BCUT2D eigenvalue weighted by atomic mass is 16.3. The van der Waals surface area contributed by atoms with Crippen molar-refractivity contribution in [3.8, 4) is 0 Å². The first-order valence-electron chi connectivity index (χ1n) is 5.33. The fourth-order valence-electron chi connectivity index (χ4n) is 1.90. The molecule has 0 aromatic rings. The molecule has 0 aromatic heterocycles. The van der Waals surface area contributed by atoms with E-state index in [1.54, 1.807) is 0 Å². The van der Waals surface area contributed by atoms with Crippen molar-refractivity contribution in [1.82, 2.24) is 5.32 Å². The van der Waals surface area contributed by atoms with Gasteiger partial charge in [-0.25, -0.2) is 0 Å². The van der Waals surface area contributed by atoms with Crippen LogP contribution in [0.25, 0.3) is 0 Å². The predicted molar refractivity (Wildman–Crippen MR) is 52.6 cm³/mol. The van der Waals surface area contributed by atoms with Crippen molar-refractivity contribution in [3.63, 3.8) is 0 Å². The van der Waals surface area contributed by atoms with Crippen molar-refractivity contribution in [3.05, 3.63) is 0 Å². The van der Waals surface area contributed by atoms with Crippen molar-refractivity contribution in [1.29, 1.82) is 0 Å². The fourth-order valence-corrected chi connectivity index (χ4v) is 1.90. The van der Waals surface area contributed by atoms with Gasteiger partial charge in [-0.05, 0) is 25.7 Å². The third-order valence-electron chi connectivity index (χ3n) is 2.72. The first-order valence-corrected chi connectivity index (χ1v) is 5.33. The number of hydrogen-bond donors (Lipinski definition) is 3. The molecule has 0 amide bonds. The minimum absolute atomic E-state index is 0.200. The summed E-state index contributed by atoms with van der Waals surface area (Å²) < 4.78 is 0. The van der Waals surface area contributed by atoms with Gasteiger partial charge in [0.1, 0.15) is 0 Å². The van der Waals surface area contributed by atoms with Crippen molar-refractivity contribution in [2.24, 2.45) is 0 Å². The van der Waals surface area contributed by atoms with Gasteiger partial charge in [-0.3, -0.25) is 0 Å². The van der Waals surface area contributed by atoms with E-state index in [-0.39, 0.29) is 18.2 Å². The Hall–Kier alpha value is -0.120. The molecule has 13 heavy (non-hydrogen) atoms. The van der Waals surface area contributed by atoms with E-state index in [0.717, 1.165) is 32.1 Å². The van der Waals surface area contributed by atoms with E-state index in [9.17, 15) is 10.2 Å². The lowest BCUT2D eigenvalue weighted by atomic mass is 10.1. The molecule has 1 rings (SSSR count). The molecule has 1 aliphatic rings. The third kappa shape index (κ3) is 3.63. The topological polar surface area (TPSA) is 52.5 Å². The number of rotatable bonds is 5. The largest absolute Gasteiger partial charge is 0.392 e. The Labute approximate surface area is 80.2 Å². The highest BCUT2D eigenvalue weighted by molar-refractivity contribution is 4.83. The van der Waals surface area contributed by atoms with Gasteiger partial charge in [0.05, 0.1) is 12.2 Å². The van der Waals surface area contributed by atoms with Gasteiger partial charge in [-0.15, -0.1) is 0 Å². The standard InChI is InChI=1S/C10H21NO2/c1-2-4-8(12)7-11-9-5-3-6-10(9)13/h8-13H,2-7H2,1H3/t8?,9-,10-/m1/s1. The van der Waals surface area contributed by atoms with E-state index >= 15 is 0 Å². The maximum Gasteiger partial charge on any atom is 0.0693 e. The molecule has 0 radical (unpaired) electrons. The Balaban J connectivity index is 2.10. The van der Waals surface area contributed by atoms with E-state index in [2.05, 4.69) is 12.2 Å². The molecule has 1 unspecified atom stereocenters. The molecule has 3 N–H and O–H groups in total. The Kier molecular flexibility index (Phi) is 4.70. The molecule has 0 aromatic carbocycles. The Bertz CT molecular complexity index is 141. The maximum absolute atomic E-state index is 9.49. The average Bonchev–Trinajstić information content (AvgIpc) is 2.48. The molecule has 0 spiro atoms. The second-order valence-corrected chi connectivity index (χ2v) is 3.96. The lowest BCUT2D eigenvalue weighted by molar-refractivity contribution is 0.122. The highest BCUT2D eigenvalue weighted by Crippen LogP contribution is 2.18. The molecular formula is C10H21NO2. The van der Waals surface area contributed by atoms with Gasteiger partial charge in [0, 0.05) is 12.6 Å². The molecule has 1 aliphatic carbocycles. The van der Waals surface area contributed by atoms with Crippen LogP contribution in [0.5, 0.6) is 0 Å². The van der Waals surface area contributed by atoms with Crippen LogP contribution in [0.3, 0.4) is 0 Å². The van der Waals surface area contributed by atoms with Crippen LogP contribution in [0.4, 0.5) is 0 Å². The zero-order valence-corrected chi connectivity index (χ0v) is 8.37. The number of nitrogens with one attached hydrogen (secondary N) is 1. The van der Waals surface area contributed by atoms with Crippen LogP contribution in [0.1, 0.15) is 39.0 Å². The predicted octanol–water partition coefficient (Wildman–Crippen LogP) is 0.650. The van der Waals surface area contributed by atoms with Gasteiger partial charge < -0.3 is 15.5 Å². The second-order valence-electron chi connectivity index (χ2n) is 3.96. The lowest BCUT2D eigenvalue weighted by Crippen LogP contribution is -2.40. The van der Waals surface area contributed by atoms with Gasteiger partial charge >= 0.3 is 0 Å². The van der Waals surface area contributed by atoms with E-state index in [4.69, 9.17) is 0 Å². The van der Waals surface area contributed by atoms with E-state index in [1.807, 2.05) is 0 Å². The molecule has 0 bridgehead atoms. The number of hydrogen-bond acceptors (Lipinski definition) is 3. The monoisotopic (exact) mass is 187 g/mol. The summed E-state index contributed by atoms with van der Waals surface area (Å²) in [7, 11) is 0. The van der Waals surface area contributed by atoms with Crippen molar-refractivity contribution < 1.29 is 10.2 Å². The van der Waals surface area contributed by atoms with Crippen LogP contribution in [0.15, 0.2) is 0 Å². The van der Waals surface area contributed by atoms with Crippen LogP contribution < -0.4 is 5.32 Å². The third-order valence-corrected chi connectivity index (χ3v) is 2.72. The lowest BCUT2D eigenvalue weighted by Gasteiger charge is -2.18. The summed E-state index contributed by atoms with van der Waals surface area (Å²) in [6, 6.07) is 0.214. The van der Waals surface area contributed by atoms with E-state index in [0.29, 0.717) is 6.54 Å². The van der Waals surface area contributed by atoms with Crippen LogP contribution >= 0.6 is 0 Å². The summed E-state index contributed by atoms with van der Waals surface area (Å²) in [6.07, 6.45) is 4.45. The highest BCUT2D eigenvalue weighted by Gasteiger charge is 2.24. The average molecular weight is 187 g/mol. The summed E-state index contributed by atoms with van der Waals surface area (Å²) in [4.78, 5) is 0. The molecule has 1 saturated carbocycles. The minimum Gasteiger partial charge on any atom is -0.392 e. The van der Waals surface area contributed by atoms with Gasteiger partial charge in [0.15, 0.2) is 0 Å². The summed E-state index contributed by atoms with van der Waals surface area (Å²) in [5, 5.41) is 22.2. The van der Waals surface area contributed by atoms with Crippen LogP contribution in [0.2, 0.25) is 0 Å². The quantitative estimate of drug-likeness (QED) is 0.592. The van der Waals surface area contributed by atoms with Gasteiger partial charge in [-0.2, -0.15) is 0 Å². The minimum atomic E-state index is -0.252. The maximum atomic E-state index is 9.49. The van der Waals surface area contributed by atoms with Crippen LogP contribution in [0, 0.1) is 0 Å². The van der Waals surface area contributed by atoms with Gasteiger partial charge in [-0.1, -0.05) is 13.3 Å². The summed E-state index contributed by atoms with van der Waals surface area (Å²) in [6.45, 7) is 2.68. The zero-order valence-electron chi connectivity index (χ0n) is 8.37. The summed E-state index contributed by atoms with van der Waals surface area (Å²) in [5.74, 6) is 0.